The largest absolute Gasteiger partial charge is 0.340 e. The van der Waals surface area contributed by atoms with E-state index >= 15 is 0 Å². The quantitative estimate of drug-likeness (QED) is 0.635. The number of amides is 3. The summed E-state index contributed by atoms with van der Waals surface area (Å²) in [6, 6.07) is 10.0. The van der Waals surface area contributed by atoms with Gasteiger partial charge in [-0.2, -0.15) is 0 Å². The molecule has 2 aliphatic heterocycles. The summed E-state index contributed by atoms with van der Waals surface area (Å²) in [6.45, 7) is 5.30. The van der Waals surface area contributed by atoms with Crippen LogP contribution in [-0.2, 0) is 20.9 Å². The van der Waals surface area contributed by atoms with Crippen LogP contribution in [0.2, 0.25) is 0 Å². The Balaban J connectivity index is 1.66. The summed E-state index contributed by atoms with van der Waals surface area (Å²) in [5.74, 6) is 0.187. The van der Waals surface area contributed by atoms with E-state index in [2.05, 4.69) is 4.90 Å². The van der Waals surface area contributed by atoms with E-state index in [9.17, 15) is 14.4 Å². The van der Waals surface area contributed by atoms with E-state index in [-0.39, 0.29) is 29.8 Å². The second-order valence-electron chi connectivity index (χ2n) is 9.03. The van der Waals surface area contributed by atoms with Gasteiger partial charge in [0.25, 0.3) is 0 Å². The molecule has 1 aromatic carbocycles. The minimum absolute atomic E-state index is 0.00251. The van der Waals surface area contributed by atoms with Crippen molar-refractivity contribution in [1.29, 1.82) is 0 Å². The SMILES string of the molecule is CCN(CCN(C)C)C(=O)CN1CCC2(CCC1=O)CCC(=O)N2Cc1ccccc1. The normalized spacial score (nSPS) is 21.8. The van der Waals surface area contributed by atoms with Gasteiger partial charge in [-0.15, -0.1) is 0 Å². The van der Waals surface area contributed by atoms with Crippen molar-refractivity contribution in [1.82, 2.24) is 19.6 Å². The number of carbonyl (C=O) groups excluding carboxylic acids is 3. The van der Waals surface area contributed by atoms with Crippen LogP contribution in [0.5, 0.6) is 0 Å². The second-order valence-corrected chi connectivity index (χ2v) is 9.03. The average molecular weight is 429 g/mol. The summed E-state index contributed by atoms with van der Waals surface area (Å²) < 4.78 is 0. The summed E-state index contributed by atoms with van der Waals surface area (Å²) in [5.41, 5.74) is 0.828. The van der Waals surface area contributed by atoms with E-state index in [1.165, 1.54) is 0 Å². The molecule has 0 bridgehead atoms. The number of carbonyl (C=O) groups is 3. The number of nitrogens with zero attached hydrogens (tertiary/aromatic N) is 4. The lowest BCUT2D eigenvalue weighted by Crippen LogP contribution is -2.47. The zero-order chi connectivity index (χ0) is 22.4. The van der Waals surface area contributed by atoms with Gasteiger partial charge in [0, 0.05) is 51.1 Å². The van der Waals surface area contributed by atoms with Crippen LogP contribution in [0.15, 0.2) is 30.3 Å². The van der Waals surface area contributed by atoms with E-state index in [4.69, 9.17) is 0 Å². The topological polar surface area (TPSA) is 64.2 Å². The van der Waals surface area contributed by atoms with E-state index in [0.29, 0.717) is 45.4 Å². The van der Waals surface area contributed by atoms with Crippen molar-refractivity contribution in [2.24, 2.45) is 0 Å². The first-order valence-corrected chi connectivity index (χ1v) is 11.4. The summed E-state index contributed by atoms with van der Waals surface area (Å²) in [6.07, 6.45) is 3.11. The minimum Gasteiger partial charge on any atom is -0.340 e. The second kappa shape index (κ2) is 10.3. The standard InChI is InChI=1S/C24H36N4O3/c1-4-26(17-16-25(2)3)23(31)19-27-15-14-24(12-10-21(27)29)13-11-22(30)28(24)18-20-8-6-5-7-9-20/h5-9H,4,10-19H2,1-3H3. The molecule has 0 saturated carbocycles. The maximum absolute atomic E-state index is 12.9. The minimum atomic E-state index is -0.282. The van der Waals surface area contributed by atoms with Crippen molar-refractivity contribution in [2.75, 3.05) is 46.8 Å². The smallest absolute Gasteiger partial charge is 0.242 e. The number of rotatable bonds is 8. The molecular weight excluding hydrogens is 392 g/mol. The van der Waals surface area contributed by atoms with Crippen LogP contribution in [-0.4, -0.2) is 89.7 Å². The molecule has 3 amide bonds. The third-order valence-corrected chi connectivity index (χ3v) is 6.74. The third-order valence-electron chi connectivity index (χ3n) is 6.74. The van der Waals surface area contributed by atoms with Crippen molar-refractivity contribution >= 4 is 17.7 Å². The van der Waals surface area contributed by atoms with Crippen molar-refractivity contribution in [3.63, 3.8) is 0 Å². The van der Waals surface area contributed by atoms with Crippen LogP contribution in [0.4, 0.5) is 0 Å². The molecule has 1 unspecified atom stereocenters. The van der Waals surface area contributed by atoms with E-state index in [0.717, 1.165) is 24.9 Å². The first kappa shape index (κ1) is 23.3. The molecule has 2 aliphatic rings. The molecule has 1 atom stereocenters. The van der Waals surface area contributed by atoms with Crippen molar-refractivity contribution < 1.29 is 14.4 Å². The molecule has 2 heterocycles. The number of likely N-dealkylation sites (tertiary alicyclic amines) is 2. The Morgan fingerprint density at radius 3 is 2.32 bits per heavy atom. The van der Waals surface area contributed by atoms with Gasteiger partial charge in [0.15, 0.2) is 0 Å². The lowest BCUT2D eigenvalue weighted by Gasteiger charge is -2.38. The first-order chi connectivity index (χ1) is 14.8. The molecular formula is C24H36N4O3. The Hall–Kier alpha value is -2.41. The average Bonchev–Trinajstić information content (AvgIpc) is 2.96. The molecule has 2 saturated heterocycles. The lowest BCUT2D eigenvalue weighted by molar-refractivity contribution is -0.140. The van der Waals surface area contributed by atoms with Gasteiger partial charge >= 0.3 is 0 Å². The number of hydrogen-bond donors (Lipinski definition) is 0. The predicted molar refractivity (Wildman–Crippen MR) is 120 cm³/mol. The molecule has 7 nitrogen and oxygen atoms in total. The van der Waals surface area contributed by atoms with Gasteiger partial charge in [-0.25, -0.2) is 0 Å². The van der Waals surface area contributed by atoms with Crippen molar-refractivity contribution in [3.05, 3.63) is 35.9 Å². The maximum atomic E-state index is 12.9. The maximum Gasteiger partial charge on any atom is 0.242 e. The van der Waals surface area contributed by atoms with Crippen molar-refractivity contribution in [3.8, 4) is 0 Å². The fourth-order valence-corrected chi connectivity index (χ4v) is 4.72. The molecule has 0 radical (unpaired) electrons. The predicted octanol–water partition coefficient (Wildman–Crippen LogP) is 1.97. The number of benzene rings is 1. The highest BCUT2D eigenvalue weighted by atomic mass is 16.2. The monoisotopic (exact) mass is 428 g/mol. The molecule has 170 valence electrons. The molecule has 1 spiro atoms. The Bertz CT molecular complexity index is 782. The molecule has 31 heavy (non-hydrogen) atoms. The molecule has 1 aromatic rings. The Labute approximate surface area is 186 Å². The fraction of sp³-hybridized carbons (Fsp3) is 0.625. The Morgan fingerprint density at radius 2 is 1.68 bits per heavy atom. The summed E-state index contributed by atoms with van der Waals surface area (Å²) in [4.78, 5) is 46.0. The summed E-state index contributed by atoms with van der Waals surface area (Å²) in [7, 11) is 3.97. The lowest BCUT2D eigenvalue weighted by atomic mass is 9.87. The van der Waals surface area contributed by atoms with Gasteiger partial charge in [0.1, 0.15) is 0 Å². The molecule has 0 N–H and O–H groups in total. The van der Waals surface area contributed by atoms with Crippen LogP contribution in [0.1, 0.15) is 44.6 Å². The van der Waals surface area contributed by atoms with Gasteiger partial charge < -0.3 is 19.6 Å². The van der Waals surface area contributed by atoms with Crippen LogP contribution >= 0.6 is 0 Å². The van der Waals surface area contributed by atoms with E-state index < -0.39 is 0 Å². The van der Waals surface area contributed by atoms with E-state index in [1.54, 1.807) is 4.90 Å². The molecule has 2 fully saturated rings. The van der Waals surface area contributed by atoms with Crippen LogP contribution in [0.25, 0.3) is 0 Å². The number of likely N-dealkylation sites (N-methyl/N-ethyl adjacent to an activating group) is 2. The molecule has 3 rings (SSSR count). The van der Waals surface area contributed by atoms with Gasteiger partial charge in [0.05, 0.1) is 6.54 Å². The zero-order valence-electron chi connectivity index (χ0n) is 19.2. The summed E-state index contributed by atoms with van der Waals surface area (Å²) >= 11 is 0. The van der Waals surface area contributed by atoms with Crippen LogP contribution in [0.3, 0.4) is 0 Å². The van der Waals surface area contributed by atoms with E-state index in [1.807, 2.05) is 61.2 Å². The first-order valence-electron chi connectivity index (χ1n) is 11.4. The number of hydrogen-bond acceptors (Lipinski definition) is 4. The zero-order valence-corrected chi connectivity index (χ0v) is 19.2. The van der Waals surface area contributed by atoms with Gasteiger partial charge in [-0.1, -0.05) is 30.3 Å². The highest BCUT2D eigenvalue weighted by Crippen LogP contribution is 2.40. The Kier molecular flexibility index (Phi) is 7.70. The van der Waals surface area contributed by atoms with Gasteiger partial charge in [-0.3, -0.25) is 14.4 Å². The van der Waals surface area contributed by atoms with Crippen LogP contribution < -0.4 is 0 Å². The van der Waals surface area contributed by atoms with Crippen molar-refractivity contribution in [2.45, 2.75) is 51.1 Å². The van der Waals surface area contributed by atoms with Gasteiger partial charge in [-0.05, 0) is 45.8 Å². The highest BCUT2D eigenvalue weighted by molar-refractivity contribution is 5.85. The molecule has 7 heteroatoms. The third kappa shape index (κ3) is 5.64. The molecule has 0 aliphatic carbocycles. The van der Waals surface area contributed by atoms with Gasteiger partial charge in [0.2, 0.25) is 17.7 Å². The van der Waals surface area contributed by atoms with Crippen LogP contribution in [0, 0.1) is 0 Å². The highest BCUT2D eigenvalue weighted by Gasteiger charge is 2.46. The fourth-order valence-electron chi connectivity index (χ4n) is 4.72. The Morgan fingerprint density at radius 1 is 1.00 bits per heavy atom. The molecule has 0 aromatic heterocycles. The summed E-state index contributed by atoms with van der Waals surface area (Å²) in [5, 5.41) is 0.